The quantitative estimate of drug-likeness (QED) is 0.157. The first-order valence-corrected chi connectivity index (χ1v) is 16.9. The van der Waals surface area contributed by atoms with Crippen LogP contribution in [0.5, 0.6) is 0 Å². The minimum Gasteiger partial charge on any atom is -0.477 e. The largest absolute Gasteiger partial charge is 0.490 e. The number of nitrogens with two attached hydrogens (primary N) is 1. The summed E-state index contributed by atoms with van der Waals surface area (Å²) in [7, 11) is 3.82. The Morgan fingerprint density at radius 1 is 1.26 bits per heavy atom. The van der Waals surface area contributed by atoms with E-state index >= 15 is 0 Å². The van der Waals surface area contributed by atoms with Crippen LogP contribution in [0.15, 0.2) is 52.6 Å². The second-order valence-electron chi connectivity index (χ2n) is 9.77. The first-order chi connectivity index (χ1) is 21.9. The van der Waals surface area contributed by atoms with Crippen molar-refractivity contribution in [2.24, 2.45) is 0 Å². The molecule has 12 nitrogen and oxygen atoms in total. The fraction of sp³-hybridized carbons (Fsp3) is 0.333. The van der Waals surface area contributed by atoms with E-state index in [9.17, 15) is 32.7 Å². The van der Waals surface area contributed by atoms with E-state index in [0.717, 1.165) is 11.6 Å². The van der Waals surface area contributed by atoms with Crippen molar-refractivity contribution in [3.63, 3.8) is 0 Å². The smallest absolute Gasteiger partial charge is 0.477 e. The number of anilines is 2. The molecule has 0 spiro atoms. The van der Waals surface area contributed by atoms with Crippen LogP contribution in [0.3, 0.4) is 0 Å². The van der Waals surface area contributed by atoms with Crippen molar-refractivity contribution in [2.75, 3.05) is 42.0 Å². The first-order valence-electron chi connectivity index (χ1n) is 13.2. The summed E-state index contributed by atoms with van der Waals surface area (Å²) in [5, 5.41) is 20.3. The zero-order chi connectivity index (χ0) is 35.2. The van der Waals surface area contributed by atoms with Gasteiger partial charge in [-0.1, -0.05) is 40.3 Å². The number of halogens is 5. The van der Waals surface area contributed by atoms with Crippen LogP contribution < -0.4 is 19.9 Å². The molecule has 1 aromatic heterocycles. The Hall–Kier alpha value is -3.32. The normalized spacial score (nSPS) is 17.4. The molecule has 2 atom stereocenters. The number of aryl methyl sites for hydroxylation is 1. The fourth-order valence-corrected chi connectivity index (χ4v) is 7.65. The van der Waals surface area contributed by atoms with Gasteiger partial charge in [0.1, 0.15) is 17.1 Å². The van der Waals surface area contributed by atoms with Crippen LogP contribution in [0.4, 0.5) is 24.8 Å². The molecule has 0 saturated carbocycles. The molecule has 1 saturated heterocycles. The third kappa shape index (κ3) is 9.85. The van der Waals surface area contributed by atoms with Crippen LogP contribution in [-0.4, -0.2) is 92.8 Å². The standard InChI is InChI=1S/C25H26Cl2N6O4S3.C2HF3O2/c1-13-29-18(28)10-20(31(2)3)33(13)40-8-4-5-14-11-39-24-21(23(35)32(24)22(14)25(36)37)30-19(34)12-38-17-9-15(26)6-7-16(17)27;3-2(4,5)1(6)7/h4-7,9-10,21,24,28H,8,11-12H2,1-3H3,(H2,30,34,36,37);(H,6,7)/p+1/b5-4+;/t21-,24?;/m1./s1. The van der Waals surface area contributed by atoms with E-state index in [0.29, 0.717) is 37.8 Å². The lowest BCUT2D eigenvalue weighted by molar-refractivity contribution is -0.492. The number of aromatic nitrogens is 2. The monoisotopic (exact) mass is 755 g/mol. The van der Waals surface area contributed by atoms with Gasteiger partial charge in [0, 0.05) is 40.3 Å². The topological polar surface area (TPSA) is 170 Å². The Kier molecular flexibility index (Phi) is 13.1. The predicted octanol–water partition coefficient (Wildman–Crippen LogP) is 3.85. The number of thioether (sulfide) groups is 2. The summed E-state index contributed by atoms with van der Waals surface area (Å²) < 4.78 is 33.7. The summed E-state index contributed by atoms with van der Waals surface area (Å²) in [5.41, 5.74) is 6.35. The van der Waals surface area contributed by atoms with Gasteiger partial charge in [0.2, 0.25) is 23.4 Å². The van der Waals surface area contributed by atoms with Crippen molar-refractivity contribution in [3.8, 4) is 0 Å². The fourth-order valence-electron chi connectivity index (χ4n) is 4.12. The number of carbonyl (C=O) groups excluding carboxylic acids is 2. The van der Waals surface area contributed by atoms with Gasteiger partial charge >= 0.3 is 18.1 Å². The highest BCUT2D eigenvalue weighted by Gasteiger charge is 2.54. The molecule has 1 aromatic carbocycles. The van der Waals surface area contributed by atoms with Crippen molar-refractivity contribution in [1.29, 1.82) is 0 Å². The number of amides is 2. The molecule has 2 aromatic rings. The summed E-state index contributed by atoms with van der Waals surface area (Å²) >= 11 is 16.3. The van der Waals surface area contributed by atoms with Crippen LogP contribution in [0, 0.1) is 6.92 Å². The highest BCUT2D eigenvalue weighted by molar-refractivity contribution is 8.00. The number of alkyl halides is 3. The zero-order valence-electron chi connectivity index (χ0n) is 24.7. The number of nitrogens with one attached hydrogen (secondary N) is 1. The average molecular weight is 757 g/mol. The lowest BCUT2D eigenvalue weighted by Crippen LogP contribution is -2.70. The Labute approximate surface area is 289 Å². The third-order valence-electron chi connectivity index (χ3n) is 6.16. The molecular weight excluding hydrogens is 728 g/mol. The van der Waals surface area contributed by atoms with E-state index < -0.39 is 35.4 Å². The van der Waals surface area contributed by atoms with Crippen LogP contribution in [0.2, 0.25) is 10.0 Å². The summed E-state index contributed by atoms with van der Waals surface area (Å²) in [6.07, 6.45) is -1.49. The summed E-state index contributed by atoms with van der Waals surface area (Å²) in [5.74, 6) is -1.78. The lowest BCUT2D eigenvalue weighted by atomic mass is 10.0. The van der Waals surface area contributed by atoms with E-state index in [1.807, 2.05) is 36.0 Å². The minimum absolute atomic E-state index is 0.0328. The maximum Gasteiger partial charge on any atom is 0.490 e. The SMILES string of the molecule is Cc1nc(N)cc(N(C)C)[n+]1SC/C=C/C1=C(C(=O)O)N2C(=O)[C@@H](NC(=O)CSc3cc(Cl)ccc3Cl)C2SC1.O=C(O)C(F)(F)F. The maximum absolute atomic E-state index is 12.9. The number of carbonyl (C=O) groups is 4. The summed E-state index contributed by atoms with van der Waals surface area (Å²) in [4.78, 5) is 54.7. The molecule has 5 N–H and O–H groups in total. The number of aliphatic carboxylic acids is 2. The van der Waals surface area contributed by atoms with E-state index in [-0.39, 0.29) is 17.4 Å². The van der Waals surface area contributed by atoms with Gasteiger partial charge < -0.3 is 21.3 Å². The highest BCUT2D eigenvalue weighted by atomic mass is 35.5. The number of allylic oxidation sites excluding steroid dienone is 1. The molecule has 2 amide bonds. The molecule has 2 aliphatic rings. The van der Waals surface area contributed by atoms with Crippen molar-refractivity contribution in [3.05, 3.63) is 63.6 Å². The second kappa shape index (κ2) is 16.2. The van der Waals surface area contributed by atoms with Crippen LogP contribution >= 0.6 is 58.7 Å². The van der Waals surface area contributed by atoms with Gasteiger partial charge in [-0.3, -0.25) is 19.4 Å². The summed E-state index contributed by atoms with van der Waals surface area (Å²) in [6.45, 7) is 1.86. The number of nitrogen functional groups attached to an aromatic ring is 1. The molecule has 0 aliphatic carbocycles. The minimum atomic E-state index is -5.08. The molecule has 254 valence electrons. The Balaban J connectivity index is 0.000000771. The van der Waals surface area contributed by atoms with E-state index in [2.05, 4.69) is 10.3 Å². The first kappa shape index (κ1) is 38.1. The van der Waals surface area contributed by atoms with Crippen molar-refractivity contribution < 1.29 is 46.5 Å². The molecule has 3 heterocycles. The number of β-lactam (4-membered cyclic amide) rings is 1. The van der Waals surface area contributed by atoms with E-state index in [4.69, 9.17) is 38.8 Å². The van der Waals surface area contributed by atoms with Crippen molar-refractivity contribution in [1.82, 2.24) is 15.2 Å². The molecule has 2 aliphatic heterocycles. The number of carboxylic acid groups (broad SMARTS) is 2. The molecule has 1 fully saturated rings. The molecule has 4 rings (SSSR count). The molecule has 0 radical (unpaired) electrons. The van der Waals surface area contributed by atoms with E-state index in [1.165, 1.54) is 40.4 Å². The van der Waals surface area contributed by atoms with Crippen molar-refractivity contribution in [2.45, 2.75) is 29.4 Å². The van der Waals surface area contributed by atoms with Gasteiger partial charge in [-0.25, -0.2) is 9.59 Å². The van der Waals surface area contributed by atoms with Gasteiger partial charge in [0.25, 0.3) is 5.91 Å². The predicted molar refractivity (Wildman–Crippen MR) is 175 cm³/mol. The van der Waals surface area contributed by atoms with Crippen LogP contribution in [0.1, 0.15) is 5.82 Å². The van der Waals surface area contributed by atoms with Gasteiger partial charge in [0.15, 0.2) is 0 Å². The van der Waals surface area contributed by atoms with Crippen LogP contribution in [0.25, 0.3) is 0 Å². The summed E-state index contributed by atoms with van der Waals surface area (Å²) in [6, 6.07) is 5.95. The second-order valence-corrected chi connectivity index (χ2v) is 13.7. The number of fused-ring (bicyclic) bond motifs is 1. The number of nitrogens with zero attached hydrogens (tertiary/aromatic N) is 4. The van der Waals surface area contributed by atoms with Gasteiger partial charge in [-0.05, 0) is 23.8 Å². The van der Waals surface area contributed by atoms with Gasteiger partial charge in [-0.2, -0.15) is 17.1 Å². The van der Waals surface area contributed by atoms with Crippen LogP contribution in [-0.2, 0) is 19.2 Å². The van der Waals surface area contributed by atoms with Gasteiger partial charge in [0.05, 0.1) is 30.9 Å². The Morgan fingerprint density at radius 2 is 1.91 bits per heavy atom. The average Bonchev–Trinajstić information content (AvgIpc) is 2.98. The Morgan fingerprint density at radius 3 is 2.51 bits per heavy atom. The number of hydrogen-bond donors (Lipinski definition) is 4. The van der Waals surface area contributed by atoms with E-state index in [1.54, 1.807) is 30.3 Å². The maximum atomic E-state index is 12.9. The highest BCUT2D eigenvalue weighted by Crippen LogP contribution is 2.41. The molecule has 20 heteroatoms. The zero-order valence-corrected chi connectivity index (χ0v) is 28.7. The molecular formula is C27H28Cl2F3N6O6S3+. The molecule has 1 unspecified atom stereocenters. The Bertz CT molecular complexity index is 1630. The number of carboxylic acids is 2. The number of benzene rings is 1. The van der Waals surface area contributed by atoms with Gasteiger partial charge in [-0.15, -0.1) is 23.5 Å². The molecule has 0 bridgehead atoms. The number of rotatable bonds is 10. The number of hydrogen-bond acceptors (Lipinski definition) is 10. The third-order valence-corrected chi connectivity index (χ3v) is 10.2. The van der Waals surface area contributed by atoms with Crippen molar-refractivity contribution >= 4 is 94.1 Å². The lowest BCUT2D eigenvalue weighted by Gasteiger charge is -2.49. The molecule has 47 heavy (non-hydrogen) atoms.